The first kappa shape index (κ1) is 14.1. The van der Waals surface area contributed by atoms with Crippen LogP contribution in [0, 0.1) is 5.41 Å². The summed E-state index contributed by atoms with van der Waals surface area (Å²) < 4.78 is 5.50. The van der Waals surface area contributed by atoms with Gasteiger partial charge in [0.15, 0.2) is 0 Å². The monoisotopic (exact) mass is 276 g/mol. The number of carboxylic acids is 1. The van der Waals surface area contributed by atoms with Crippen molar-refractivity contribution in [3.63, 3.8) is 0 Å². The number of aliphatic carboxylic acids is 1. The van der Waals surface area contributed by atoms with Gasteiger partial charge in [0.2, 0.25) is 0 Å². The van der Waals surface area contributed by atoms with Crippen LogP contribution < -0.4 is 4.74 Å². The van der Waals surface area contributed by atoms with Gasteiger partial charge in [-0.05, 0) is 12.1 Å². The molecule has 0 aliphatic carbocycles. The highest BCUT2D eigenvalue weighted by Gasteiger charge is 2.22. The zero-order valence-electron chi connectivity index (χ0n) is 9.67. The molecule has 0 aliphatic rings. The molecule has 1 rings (SSSR count). The molecule has 1 aromatic carbocycles. The summed E-state index contributed by atoms with van der Waals surface area (Å²) >= 11 is 11.6. The Bertz CT molecular complexity index is 416. The van der Waals surface area contributed by atoms with Crippen molar-refractivity contribution in [1.29, 1.82) is 0 Å². The van der Waals surface area contributed by atoms with E-state index in [9.17, 15) is 4.79 Å². The lowest BCUT2D eigenvalue weighted by Gasteiger charge is -2.22. The van der Waals surface area contributed by atoms with Crippen molar-refractivity contribution in [3.05, 3.63) is 28.2 Å². The van der Waals surface area contributed by atoms with Gasteiger partial charge < -0.3 is 9.84 Å². The summed E-state index contributed by atoms with van der Waals surface area (Å²) in [7, 11) is 0. The van der Waals surface area contributed by atoms with Gasteiger partial charge in [-0.1, -0.05) is 37.0 Å². The summed E-state index contributed by atoms with van der Waals surface area (Å²) in [6.45, 7) is 3.97. The van der Waals surface area contributed by atoms with Crippen molar-refractivity contribution in [3.8, 4) is 5.75 Å². The molecule has 0 bridgehead atoms. The smallest absolute Gasteiger partial charge is 0.304 e. The predicted octanol–water partition coefficient (Wildman–Crippen LogP) is 3.87. The molecule has 0 atom stereocenters. The molecule has 0 heterocycles. The Morgan fingerprint density at radius 3 is 2.53 bits per heavy atom. The maximum Gasteiger partial charge on any atom is 0.304 e. The maximum atomic E-state index is 10.6. The summed E-state index contributed by atoms with van der Waals surface area (Å²) in [6.07, 6.45) is 0.0499. The number of halogens is 2. The van der Waals surface area contributed by atoms with Gasteiger partial charge in [0, 0.05) is 11.5 Å². The molecule has 94 valence electrons. The van der Waals surface area contributed by atoms with E-state index in [0.717, 1.165) is 0 Å². The van der Waals surface area contributed by atoms with Crippen LogP contribution in [0.1, 0.15) is 20.3 Å². The lowest BCUT2D eigenvalue weighted by atomic mass is 9.91. The van der Waals surface area contributed by atoms with E-state index in [2.05, 4.69) is 0 Å². The average molecular weight is 277 g/mol. The van der Waals surface area contributed by atoms with Crippen LogP contribution in [0.5, 0.6) is 5.75 Å². The number of carboxylic acid groups (broad SMARTS) is 1. The highest BCUT2D eigenvalue weighted by molar-refractivity contribution is 6.42. The van der Waals surface area contributed by atoms with Crippen molar-refractivity contribution in [2.45, 2.75) is 20.3 Å². The molecule has 0 unspecified atom stereocenters. The minimum atomic E-state index is -0.840. The number of hydrogen-bond donors (Lipinski definition) is 1. The van der Waals surface area contributed by atoms with E-state index in [4.69, 9.17) is 33.0 Å². The summed E-state index contributed by atoms with van der Waals surface area (Å²) in [6, 6.07) is 4.95. The second kappa shape index (κ2) is 5.61. The van der Waals surface area contributed by atoms with Crippen molar-refractivity contribution in [2.75, 3.05) is 6.61 Å². The third kappa shape index (κ3) is 4.84. The average Bonchev–Trinajstić information content (AvgIpc) is 2.18. The molecule has 17 heavy (non-hydrogen) atoms. The Hall–Kier alpha value is -0.930. The minimum absolute atomic E-state index is 0.0499. The summed E-state index contributed by atoms with van der Waals surface area (Å²) in [5.41, 5.74) is -0.433. The predicted molar refractivity (Wildman–Crippen MR) is 68.0 cm³/mol. The van der Waals surface area contributed by atoms with Gasteiger partial charge in [0.05, 0.1) is 23.1 Å². The summed E-state index contributed by atoms with van der Waals surface area (Å²) in [5.74, 6) is -0.259. The molecule has 0 spiro atoms. The van der Waals surface area contributed by atoms with Gasteiger partial charge in [0.1, 0.15) is 5.75 Å². The van der Waals surface area contributed by atoms with E-state index >= 15 is 0 Å². The zero-order valence-corrected chi connectivity index (χ0v) is 11.2. The third-order valence-electron chi connectivity index (χ3n) is 2.15. The highest BCUT2D eigenvalue weighted by atomic mass is 35.5. The third-order valence-corrected chi connectivity index (χ3v) is 2.89. The van der Waals surface area contributed by atoms with Crippen molar-refractivity contribution in [2.24, 2.45) is 5.41 Å². The Morgan fingerprint density at radius 2 is 2.00 bits per heavy atom. The van der Waals surface area contributed by atoms with Crippen molar-refractivity contribution >= 4 is 29.2 Å². The van der Waals surface area contributed by atoms with Crippen LogP contribution in [-0.2, 0) is 4.79 Å². The Morgan fingerprint density at radius 1 is 1.35 bits per heavy atom. The van der Waals surface area contributed by atoms with Crippen LogP contribution in [0.15, 0.2) is 18.2 Å². The second-order valence-corrected chi connectivity index (χ2v) is 5.41. The van der Waals surface area contributed by atoms with Crippen LogP contribution in [0.2, 0.25) is 10.0 Å². The number of carbonyl (C=O) groups is 1. The van der Waals surface area contributed by atoms with Gasteiger partial charge in [-0.25, -0.2) is 0 Å². The first-order valence-electron chi connectivity index (χ1n) is 5.10. The first-order chi connectivity index (χ1) is 7.80. The zero-order chi connectivity index (χ0) is 13.1. The molecule has 5 heteroatoms. The van der Waals surface area contributed by atoms with Gasteiger partial charge >= 0.3 is 5.97 Å². The van der Waals surface area contributed by atoms with Crippen LogP contribution in [0.25, 0.3) is 0 Å². The molecule has 1 N–H and O–H groups in total. The maximum absolute atomic E-state index is 10.6. The summed E-state index contributed by atoms with van der Waals surface area (Å²) in [5, 5.41) is 9.61. The van der Waals surface area contributed by atoms with E-state index < -0.39 is 11.4 Å². The SMILES string of the molecule is CC(C)(COc1ccc(Cl)c(Cl)c1)CC(=O)O. The van der Waals surface area contributed by atoms with E-state index in [0.29, 0.717) is 22.4 Å². The van der Waals surface area contributed by atoms with E-state index in [1.54, 1.807) is 18.2 Å². The van der Waals surface area contributed by atoms with Crippen LogP contribution in [-0.4, -0.2) is 17.7 Å². The quantitative estimate of drug-likeness (QED) is 0.888. The fourth-order valence-corrected chi connectivity index (χ4v) is 1.59. The summed E-state index contributed by atoms with van der Waals surface area (Å²) in [4.78, 5) is 10.6. The van der Waals surface area contributed by atoms with E-state index in [1.807, 2.05) is 13.8 Å². The van der Waals surface area contributed by atoms with Gasteiger partial charge in [-0.2, -0.15) is 0 Å². The van der Waals surface area contributed by atoms with Crippen LogP contribution >= 0.6 is 23.2 Å². The van der Waals surface area contributed by atoms with Gasteiger partial charge in [0.25, 0.3) is 0 Å². The number of ether oxygens (including phenoxy) is 1. The standard InChI is InChI=1S/C12H14Cl2O3/c1-12(2,6-11(15)16)7-17-8-3-4-9(13)10(14)5-8/h3-5H,6-7H2,1-2H3,(H,15,16). The molecule has 1 aromatic rings. The Kier molecular flexibility index (Phi) is 4.66. The van der Waals surface area contributed by atoms with Gasteiger partial charge in [-0.3, -0.25) is 4.79 Å². The van der Waals surface area contributed by atoms with E-state index in [-0.39, 0.29) is 6.42 Å². The molecular formula is C12H14Cl2O3. The Labute approximate surface area is 110 Å². The second-order valence-electron chi connectivity index (χ2n) is 4.60. The first-order valence-corrected chi connectivity index (χ1v) is 5.85. The van der Waals surface area contributed by atoms with Crippen LogP contribution in [0.4, 0.5) is 0 Å². The fraction of sp³-hybridized carbons (Fsp3) is 0.417. The molecule has 0 aliphatic heterocycles. The molecule has 0 radical (unpaired) electrons. The van der Waals surface area contributed by atoms with Gasteiger partial charge in [-0.15, -0.1) is 0 Å². The fourth-order valence-electron chi connectivity index (χ4n) is 1.31. The highest BCUT2D eigenvalue weighted by Crippen LogP contribution is 2.28. The molecule has 0 saturated heterocycles. The molecule has 0 aromatic heterocycles. The normalized spacial score (nSPS) is 11.3. The van der Waals surface area contributed by atoms with E-state index in [1.165, 1.54) is 0 Å². The molecule has 3 nitrogen and oxygen atoms in total. The molecule has 0 fully saturated rings. The largest absolute Gasteiger partial charge is 0.493 e. The lowest BCUT2D eigenvalue weighted by Crippen LogP contribution is -2.24. The number of hydrogen-bond acceptors (Lipinski definition) is 2. The molecule has 0 amide bonds. The molecular weight excluding hydrogens is 263 g/mol. The van der Waals surface area contributed by atoms with Crippen molar-refractivity contribution < 1.29 is 14.6 Å². The van der Waals surface area contributed by atoms with Crippen LogP contribution in [0.3, 0.4) is 0 Å². The molecule has 0 saturated carbocycles. The minimum Gasteiger partial charge on any atom is -0.493 e. The number of rotatable bonds is 5. The lowest BCUT2D eigenvalue weighted by molar-refractivity contribution is -0.139. The number of benzene rings is 1. The van der Waals surface area contributed by atoms with Crippen molar-refractivity contribution in [1.82, 2.24) is 0 Å². The topological polar surface area (TPSA) is 46.5 Å². The Balaban J connectivity index is 2.60.